The van der Waals surface area contributed by atoms with Crippen molar-refractivity contribution in [2.75, 3.05) is 39.4 Å². The van der Waals surface area contributed by atoms with Crippen molar-refractivity contribution in [3.8, 4) is 0 Å². The molecule has 0 spiro atoms. The highest BCUT2D eigenvalue weighted by atomic mass is 35.5. The zero-order chi connectivity index (χ0) is 15.8. The van der Waals surface area contributed by atoms with Gasteiger partial charge < -0.3 is 15.4 Å². The van der Waals surface area contributed by atoms with Gasteiger partial charge in [0.05, 0.1) is 13.2 Å². The summed E-state index contributed by atoms with van der Waals surface area (Å²) in [6.45, 7) is 7.48. The summed E-state index contributed by atoms with van der Waals surface area (Å²) in [6, 6.07) is 10.3. The summed E-state index contributed by atoms with van der Waals surface area (Å²) >= 11 is 0. The number of hydrogen-bond donors (Lipinski definition) is 1. The Hall–Kier alpha value is -0.850. The van der Waals surface area contributed by atoms with Crippen LogP contribution in [0.3, 0.4) is 0 Å². The molecule has 1 aromatic carbocycles. The van der Waals surface area contributed by atoms with E-state index in [2.05, 4.69) is 24.0 Å². The van der Waals surface area contributed by atoms with Gasteiger partial charge in [-0.1, -0.05) is 30.3 Å². The predicted molar refractivity (Wildman–Crippen MR) is 102 cm³/mol. The number of morpholine rings is 1. The fourth-order valence-electron chi connectivity index (χ4n) is 2.79. The third-order valence-electron chi connectivity index (χ3n) is 4.03. The predicted octanol–water partition coefficient (Wildman–Crippen LogP) is 1.93. The van der Waals surface area contributed by atoms with Crippen LogP contribution in [0.25, 0.3) is 0 Å². The molecule has 2 N–H and O–H groups in total. The minimum atomic E-state index is 0. The number of nitrogens with zero attached hydrogens (tertiary/aromatic N) is 2. The molecule has 0 bridgehead atoms. The minimum absolute atomic E-state index is 0. The lowest BCUT2D eigenvalue weighted by Gasteiger charge is -2.35. The maximum atomic E-state index is 12.4. The van der Waals surface area contributed by atoms with Crippen molar-refractivity contribution in [3.63, 3.8) is 0 Å². The minimum Gasteiger partial charge on any atom is -0.379 e. The van der Waals surface area contributed by atoms with Crippen molar-refractivity contribution in [2.45, 2.75) is 25.9 Å². The van der Waals surface area contributed by atoms with Crippen LogP contribution in [0.1, 0.15) is 18.9 Å². The number of amides is 1. The molecule has 7 heteroatoms. The van der Waals surface area contributed by atoms with Crippen molar-refractivity contribution < 1.29 is 9.53 Å². The molecule has 0 saturated carbocycles. The lowest BCUT2D eigenvalue weighted by atomic mass is 10.1. The van der Waals surface area contributed by atoms with Crippen LogP contribution in [0.4, 0.5) is 0 Å². The zero-order valence-corrected chi connectivity index (χ0v) is 15.9. The van der Waals surface area contributed by atoms with Crippen LogP contribution in [-0.4, -0.2) is 61.1 Å². The second-order valence-electron chi connectivity index (χ2n) is 5.81. The van der Waals surface area contributed by atoms with E-state index in [1.807, 2.05) is 23.1 Å². The number of carbonyl (C=O) groups is 1. The standard InChI is InChI=1S/C17H27N3O2.2ClH/c1-15(13-19-9-11-22-12-10-19)20(17(21)7-8-18)14-16-5-3-2-4-6-16;;/h2-6,15H,7-14,18H2,1H3;2*1H. The number of nitrogens with two attached hydrogens (primary N) is 1. The van der Waals surface area contributed by atoms with Gasteiger partial charge in [0.2, 0.25) is 5.91 Å². The van der Waals surface area contributed by atoms with Crippen molar-refractivity contribution in [1.29, 1.82) is 0 Å². The van der Waals surface area contributed by atoms with Gasteiger partial charge in [0, 0.05) is 45.2 Å². The van der Waals surface area contributed by atoms with Crippen molar-refractivity contribution in [3.05, 3.63) is 35.9 Å². The lowest BCUT2D eigenvalue weighted by Crippen LogP contribution is -2.48. The molecule has 1 aliphatic heterocycles. The molecule has 1 aliphatic rings. The molecule has 1 amide bonds. The van der Waals surface area contributed by atoms with E-state index in [1.165, 1.54) is 0 Å². The Kier molecular flexibility index (Phi) is 12.1. The van der Waals surface area contributed by atoms with Crippen LogP contribution in [0.15, 0.2) is 30.3 Å². The van der Waals surface area contributed by atoms with Gasteiger partial charge in [0.15, 0.2) is 0 Å². The van der Waals surface area contributed by atoms with Gasteiger partial charge in [-0.05, 0) is 12.5 Å². The number of carbonyl (C=O) groups excluding carboxylic acids is 1. The highest BCUT2D eigenvalue weighted by Gasteiger charge is 2.22. The summed E-state index contributed by atoms with van der Waals surface area (Å²) in [5.41, 5.74) is 6.72. The third kappa shape index (κ3) is 7.36. The highest BCUT2D eigenvalue weighted by molar-refractivity contribution is 5.85. The largest absolute Gasteiger partial charge is 0.379 e. The van der Waals surface area contributed by atoms with E-state index >= 15 is 0 Å². The van der Waals surface area contributed by atoms with E-state index in [4.69, 9.17) is 10.5 Å². The molecule has 2 rings (SSSR count). The molecule has 1 atom stereocenters. The maximum absolute atomic E-state index is 12.4. The van der Waals surface area contributed by atoms with E-state index in [0.717, 1.165) is 38.4 Å². The van der Waals surface area contributed by atoms with Gasteiger partial charge in [-0.15, -0.1) is 24.8 Å². The Labute approximate surface area is 157 Å². The maximum Gasteiger partial charge on any atom is 0.224 e. The number of hydrogen-bond acceptors (Lipinski definition) is 4. The Morgan fingerprint density at radius 3 is 2.46 bits per heavy atom. The van der Waals surface area contributed by atoms with Crippen molar-refractivity contribution >= 4 is 30.7 Å². The van der Waals surface area contributed by atoms with E-state index in [1.54, 1.807) is 0 Å². The van der Waals surface area contributed by atoms with Crippen LogP contribution >= 0.6 is 24.8 Å². The van der Waals surface area contributed by atoms with Crippen LogP contribution in [-0.2, 0) is 16.1 Å². The summed E-state index contributed by atoms with van der Waals surface area (Å²) in [5.74, 6) is 0.132. The van der Waals surface area contributed by atoms with E-state index < -0.39 is 0 Å². The molecular weight excluding hydrogens is 349 g/mol. The average molecular weight is 378 g/mol. The molecule has 5 nitrogen and oxygen atoms in total. The SMILES string of the molecule is CC(CN1CCOCC1)N(Cc1ccccc1)C(=O)CCN.Cl.Cl. The van der Waals surface area contributed by atoms with Crippen LogP contribution in [0.2, 0.25) is 0 Å². The van der Waals surface area contributed by atoms with Crippen molar-refractivity contribution in [2.24, 2.45) is 5.73 Å². The fourth-order valence-corrected chi connectivity index (χ4v) is 2.79. The summed E-state index contributed by atoms with van der Waals surface area (Å²) in [6.07, 6.45) is 0.403. The van der Waals surface area contributed by atoms with Gasteiger partial charge in [0.25, 0.3) is 0 Å². The van der Waals surface area contributed by atoms with E-state index in [9.17, 15) is 4.79 Å². The molecule has 0 aromatic heterocycles. The third-order valence-corrected chi connectivity index (χ3v) is 4.03. The fraction of sp³-hybridized carbons (Fsp3) is 0.588. The first kappa shape index (κ1) is 23.1. The molecular formula is C17H29Cl2N3O2. The molecule has 0 aliphatic carbocycles. The van der Waals surface area contributed by atoms with E-state index in [-0.39, 0.29) is 36.8 Å². The topological polar surface area (TPSA) is 58.8 Å². The van der Waals surface area contributed by atoms with Crippen LogP contribution in [0, 0.1) is 0 Å². The quantitative estimate of drug-likeness (QED) is 0.788. The normalized spacial score (nSPS) is 15.8. The zero-order valence-electron chi connectivity index (χ0n) is 14.2. The first-order valence-corrected chi connectivity index (χ1v) is 8.04. The lowest BCUT2D eigenvalue weighted by molar-refractivity contribution is -0.134. The second-order valence-corrected chi connectivity index (χ2v) is 5.81. The Bertz CT molecular complexity index is 456. The first-order valence-electron chi connectivity index (χ1n) is 8.04. The van der Waals surface area contributed by atoms with Gasteiger partial charge in [-0.3, -0.25) is 9.69 Å². The van der Waals surface area contributed by atoms with Gasteiger partial charge in [-0.2, -0.15) is 0 Å². The molecule has 138 valence electrons. The van der Waals surface area contributed by atoms with Crippen molar-refractivity contribution in [1.82, 2.24) is 9.80 Å². The first-order chi connectivity index (χ1) is 10.7. The molecule has 1 fully saturated rings. The molecule has 1 saturated heterocycles. The molecule has 1 aromatic rings. The Morgan fingerprint density at radius 1 is 1.25 bits per heavy atom. The summed E-state index contributed by atoms with van der Waals surface area (Å²) < 4.78 is 5.38. The monoisotopic (exact) mass is 377 g/mol. The van der Waals surface area contributed by atoms with Crippen LogP contribution < -0.4 is 5.73 Å². The number of halogens is 2. The smallest absolute Gasteiger partial charge is 0.224 e. The summed E-state index contributed by atoms with van der Waals surface area (Å²) in [5, 5.41) is 0. The van der Waals surface area contributed by atoms with Crippen LogP contribution in [0.5, 0.6) is 0 Å². The number of rotatable bonds is 7. The number of ether oxygens (including phenoxy) is 1. The summed E-state index contributed by atoms with van der Waals surface area (Å²) in [4.78, 5) is 16.8. The van der Waals surface area contributed by atoms with Gasteiger partial charge in [0.1, 0.15) is 0 Å². The Balaban J connectivity index is 0.00000264. The Morgan fingerprint density at radius 2 is 1.88 bits per heavy atom. The average Bonchev–Trinajstić information content (AvgIpc) is 2.54. The van der Waals surface area contributed by atoms with E-state index in [0.29, 0.717) is 19.5 Å². The molecule has 0 radical (unpaired) electrons. The highest BCUT2D eigenvalue weighted by Crippen LogP contribution is 2.12. The number of benzene rings is 1. The van der Waals surface area contributed by atoms with Gasteiger partial charge >= 0.3 is 0 Å². The molecule has 24 heavy (non-hydrogen) atoms. The molecule has 1 heterocycles. The van der Waals surface area contributed by atoms with Gasteiger partial charge in [-0.25, -0.2) is 0 Å². The summed E-state index contributed by atoms with van der Waals surface area (Å²) in [7, 11) is 0. The second kappa shape index (κ2) is 12.5. The molecule has 1 unspecified atom stereocenters.